The molecule has 1 aromatic heterocycles. The van der Waals surface area contributed by atoms with Gasteiger partial charge in [-0.1, -0.05) is 12.1 Å². The van der Waals surface area contributed by atoms with E-state index in [1.165, 1.54) is 12.1 Å². The van der Waals surface area contributed by atoms with Gasteiger partial charge in [-0.15, -0.1) is 0 Å². The third-order valence-corrected chi connectivity index (χ3v) is 4.80. The van der Waals surface area contributed by atoms with Crippen molar-refractivity contribution in [2.75, 3.05) is 33.5 Å². The van der Waals surface area contributed by atoms with E-state index in [0.717, 1.165) is 28.3 Å². The number of nitrogens with zero attached hydrogens (tertiary/aromatic N) is 2. The molecule has 29 heavy (non-hydrogen) atoms. The van der Waals surface area contributed by atoms with Gasteiger partial charge in [-0.05, 0) is 36.4 Å². The number of hydrogen-bond donors (Lipinski definition) is 1. The van der Waals surface area contributed by atoms with Crippen molar-refractivity contribution in [1.82, 2.24) is 15.1 Å². The van der Waals surface area contributed by atoms with E-state index in [0.29, 0.717) is 32.9 Å². The second-order valence-corrected chi connectivity index (χ2v) is 6.85. The summed E-state index contributed by atoms with van der Waals surface area (Å²) in [6.45, 7) is 3.12. The number of benzene rings is 2. The maximum Gasteiger partial charge on any atom is 0.123 e. The molecule has 6 nitrogen and oxygen atoms in total. The Morgan fingerprint density at radius 1 is 1.21 bits per heavy atom. The number of methoxy groups -OCH3 is 1. The van der Waals surface area contributed by atoms with Crippen LogP contribution in [0.3, 0.4) is 0 Å². The van der Waals surface area contributed by atoms with E-state index in [2.05, 4.69) is 5.32 Å². The fraction of sp³-hybridized carbons (Fsp3) is 0.318. The van der Waals surface area contributed by atoms with E-state index >= 15 is 0 Å². The van der Waals surface area contributed by atoms with E-state index in [9.17, 15) is 4.39 Å². The molecule has 1 unspecified atom stereocenters. The number of halogens is 1. The molecule has 0 saturated carbocycles. The highest BCUT2D eigenvalue weighted by atomic mass is 19.1. The largest absolute Gasteiger partial charge is 0.497 e. The Labute approximate surface area is 169 Å². The van der Waals surface area contributed by atoms with Gasteiger partial charge in [0, 0.05) is 30.4 Å². The van der Waals surface area contributed by atoms with Gasteiger partial charge >= 0.3 is 0 Å². The Bertz CT molecular complexity index is 937. The maximum atomic E-state index is 13.8. The Morgan fingerprint density at radius 3 is 2.79 bits per heavy atom. The highest BCUT2D eigenvalue weighted by molar-refractivity contribution is 5.63. The van der Waals surface area contributed by atoms with Crippen LogP contribution in [0.15, 0.2) is 54.7 Å². The number of hydrogen-bond acceptors (Lipinski definition) is 5. The molecule has 1 aliphatic rings. The van der Waals surface area contributed by atoms with Crippen LogP contribution in [-0.4, -0.2) is 49.4 Å². The Kier molecular flexibility index (Phi) is 6.19. The van der Waals surface area contributed by atoms with E-state index in [1.54, 1.807) is 17.9 Å². The van der Waals surface area contributed by atoms with Crippen molar-refractivity contribution < 1.29 is 18.6 Å². The van der Waals surface area contributed by atoms with Crippen molar-refractivity contribution in [3.8, 4) is 22.7 Å². The van der Waals surface area contributed by atoms with Crippen LogP contribution in [0.5, 0.6) is 5.75 Å². The number of nitrogens with one attached hydrogen (secondary N) is 1. The Balaban J connectivity index is 1.57. The van der Waals surface area contributed by atoms with Crippen molar-refractivity contribution in [2.45, 2.75) is 12.6 Å². The van der Waals surface area contributed by atoms with Gasteiger partial charge in [0.05, 0.1) is 44.4 Å². The third kappa shape index (κ3) is 4.82. The second kappa shape index (κ2) is 9.17. The predicted molar refractivity (Wildman–Crippen MR) is 108 cm³/mol. The first-order valence-corrected chi connectivity index (χ1v) is 9.62. The van der Waals surface area contributed by atoms with Crippen LogP contribution in [0.1, 0.15) is 5.56 Å². The first-order valence-electron chi connectivity index (χ1n) is 9.62. The molecular formula is C22H24FN3O3. The molecule has 1 aliphatic heterocycles. The fourth-order valence-corrected chi connectivity index (χ4v) is 3.31. The number of rotatable bonds is 7. The summed E-state index contributed by atoms with van der Waals surface area (Å²) in [7, 11) is 1.63. The summed E-state index contributed by atoms with van der Waals surface area (Å²) in [6, 6.07) is 14.1. The summed E-state index contributed by atoms with van der Waals surface area (Å²) < 4.78 is 31.9. The smallest absolute Gasteiger partial charge is 0.123 e. The molecule has 0 aliphatic carbocycles. The standard InChI is InChI=1S/C22H24FN3O3/c1-27-20-7-5-19(6-8-20)26-14-17(12-24-13-21-15-28-9-10-29-21)22(25-26)16-3-2-4-18(23)11-16/h2-8,11,14,21,24H,9-10,12-13,15H2,1H3. The quantitative estimate of drug-likeness (QED) is 0.664. The zero-order valence-electron chi connectivity index (χ0n) is 16.3. The van der Waals surface area contributed by atoms with Gasteiger partial charge in [0.15, 0.2) is 0 Å². The highest BCUT2D eigenvalue weighted by Crippen LogP contribution is 2.25. The zero-order chi connectivity index (χ0) is 20.1. The average Bonchev–Trinajstić information content (AvgIpc) is 3.19. The minimum absolute atomic E-state index is 0.0398. The normalized spacial score (nSPS) is 16.7. The molecule has 0 amide bonds. The van der Waals surface area contributed by atoms with Gasteiger partial charge in [-0.25, -0.2) is 9.07 Å². The monoisotopic (exact) mass is 397 g/mol. The zero-order valence-corrected chi connectivity index (χ0v) is 16.3. The van der Waals surface area contributed by atoms with Gasteiger partial charge in [-0.2, -0.15) is 5.10 Å². The molecule has 0 spiro atoms. The minimum Gasteiger partial charge on any atom is -0.497 e. The summed E-state index contributed by atoms with van der Waals surface area (Å²) in [5.41, 5.74) is 3.36. The third-order valence-electron chi connectivity index (χ3n) is 4.80. The topological polar surface area (TPSA) is 57.5 Å². The van der Waals surface area contributed by atoms with Gasteiger partial charge < -0.3 is 19.5 Å². The summed E-state index contributed by atoms with van der Waals surface area (Å²) in [5.74, 6) is 0.496. The second-order valence-electron chi connectivity index (χ2n) is 6.85. The maximum absolute atomic E-state index is 13.8. The lowest BCUT2D eigenvalue weighted by Gasteiger charge is -2.23. The van der Waals surface area contributed by atoms with Gasteiger partial charge in [0.2, 0.25) is 0 Å². The van der Waals surface area contributed by atoms with Crippen molar-refractivity contribution in [2.24, 2.45) is 0 Å². The molecule has 4 rings (SSSR count). The number of ether oxygens (including phenoxy) is 3. The molecular weight excluding hydrogens is 373 g/mol. The summed E-state index contributed by atoms with van der Waals surface area (Å²) in [5, 5.41) is 8.13. The van der Waals surface area contributed by atoms with Crippen molar-refractivity contribution in [3.05, 3.63) is 66.1 Å². The summed E-state index contributed by atoms with van der Waals surface area (Å²) in [6.07, 6.45) is 2.01. The predicted octanol–water partition coefficient (Wildman–Crippen LogP) is 3.19. The van der Waals surface area contributed by atoms with E-state index in [1.807, 2.05) is 36.5 Å². The lowest BCUT2D eigenvalue weighted by molar-refractivity contribution is -0.0864. The molecule has 0 bridgehead atoms. The summed E-state index contributed by atoms with van der Waals surface area (Å²) >= 11 is 0. The average molecular weight is 397 g/mol. The minimum atomic E-state index is -0.284. The molecule has 1 saturated heterocycles. The van der Waals surface area contributed by atoms with Crippen molar-refractivity contribution in [3.63, 3.8) is 0 Å². The van der Waals surface area contributed by atoms with E-state index < -0.39 is 0 Å². The molecule has 1 fully saturated rings. The van der Waals surface area contributed by atoms with Crippen LogP contribution >= 0.6 is 0 Å². The summed E-state index contributed by atoms with van der Waals surface area (Å²) in [4.78, 5) is 0. The van der Waals surface area contributed by atoms with Crippen LogP contribution in [0.4, 0.5) is 4.39 Å². The van der Waals surface area contributed by atoms with Crippen LogP contribution in [0.2, 0.25) is 0 Å². The molecule has 3 aromatic rings. The lowest BCUT2D eigenvalue weighted by atomic mass is 10.1. The number of aromatic nitrogens is 2. The first kappa shape index (κ1) is 19.6. The van der Waals surface area contributed by atoms with Crippen LogP contribution in [0, 0.1) is 5.82 Å². The first-order chi connectivity index (χ1) is 14.2. The molecule has 2 aromatic carbocycles. The SMILES string of the molecule is COc1ccc(-n2cc(CNCC3COCCO3)c(-c3cccc(F)c3)n2)cc1. The molecule has 1 N–H and O–H groups in total. The molecule has 1 atom stereocenters. The van der Waals surface area contributed by atoms with Crippen LogP contribution in [-0.2, 0) is 16.0 Å². The van der Waals surface area contributed by atoms with Gasteiger partial charge in [-0.3, -0.25) is 0 Å². The van der Waals surface area contributed by atoms with Gasteiger partial charge in [0.1, 0.15) is 11.6 Å². The van der Waals surface area contributed by atoms with E-state index in [-0.39, 0.29) is 11.9 Å². The molecule has 2 heterocycles. The lowest BCUT2D eigenvalue weighted by Crippen LogP contribution is -2.37. The van der Waals surface area contributed by atoms with Crippen LogP contribution < -0.4 is 10.1 Å². The molecule has 152 valence electrons. The van der Waals surface area contributed by atoms with Gasteiger partial charge in [0.25, 0.3) is 0 Å². The van der Waals surface area contributed by atoms with Crippen molar-refractivity contribution in [1.29, 1.82) is 0 Å². The Hall–Kier alpha value is -2.74. The highest BCUT2D eigenvalue weighted by Gasteiger charge is 2.16. The molecule has 7 heteroatoms. The van der Waals surface area contributed by atoms with Crippen molar-refractivity contribution >= 4 is 0 Å². The Morgan fingerprint density at radius 2 is 2.07 bits per heavy atom. The molecule has 0 radical (unpaired) electrons. The van der Waals surface area contributed by atoms with E-state index in [4.69, 9.17) is 19.3 Å². The van der Waals surface area contributed by atoms with Crippen LogP contribution in [0.25, 0.3) is 16.9 Å². The fourth-order valence-electron chi connectivity index (χ4n) is 3.31.